The Labute approximate surface area is 159 Å². The Morgan fingerprint density at radius 3 is 2.46 bits per heavy atom. The number of aromatic nitrogens is 2. The summed E-state index contributed by atoms with van der Waals surface area (Å²) in [7, 11) is 1.54. The standard InChI is InChI=1S/C12H12N2S.C8H13NO2/c1-8(2)11-9(3)14-12(15-11)10-5-4-6-13-7-10;1-6(5-7(2)10)9-8(3)11-4/h4-7H,1H2,2-3H3;5,10H,2H2,1,3-4H3/b;6-5-,9-8?. The number of methoxy groups -OCH3 is 1. The fourth-order valence-corrected chi connectivity index (χ4v) is 2.95. The highest BCUT2D eigenvalue weighted by molar-refractivity contribution is 7.16. The first-order valence-electron chi connectivity index (χ1n) is 7.93. The van der Waals surface area contributed by atoms with Gasteiger partial charge in [0.05, 0.1) is 17.7 Å². The summed E-state index contributed by atoms with van der Waals surface area (Å²) in [5, 5.41) is 9.74. The number of aryl methyl sites for hydroxylation is 1. The van der Waals surface area contributed by atoms with E-state index in [1.165, 1.54) is 11.0 Å². The third-order valence-electron chi connectivity index (χ3n) is 3.10. The molecular weight excluding hydrogens is 346 g/mol. The number of nitrogens with zero attached hydrogens (tertiary/aromatic N) is 3. The third kappa shape index (κ3) is 7.03. The van der Waals surface area contributed by atoms with Gasteiger partial charge in [0.15, 0.2) is 5.90 Å². The van der Waals surface area contributed by atoms with E-state index < -0.39 is 0 Å². The summed E-state index contributed by atoms with van der Waals surface area (Å²) >= 11 is 1.67. The summed E-state index contributed by atoms with van der Waals surface area (Å²) < 4.78 is 4.80. The molecule has 0 aromatic carbocycles. The predicted octanol–water partition coefficient (Wildman–Crippen LogP) is 5.57. The summed E-state index contributed by atoms with van der Waals surface area (Å²) in [4.78, 5) is 13.8. The molecule has 0 atom stereocenters. The maximum Gasteiger partial charge on any atom is 0.184 e. The molecule has 0 saturated heterocycles. The molecule has 0 amide bonds. The van der Waals surface area contributed by atoms with Gasteiger partial charge in [0.2, 0.25) is 0 Å². The average Bonchev–Trinajstić information content (AvgIpc) is 2.97. The van der Waals surface area contributed by atoms with E-state index in [0.29, 0.717) is 11.6 Å². The van der Waals surface area contributed by atoms with Gasteiger partial charge in [-0.15, -0.1) is 11.3 Å². The molecule has 0 aliphatic carbocycles. The van der Waals surface area contributed by atoms with Crippen molar-refractivity contribution in [3.05, 3.63) is 65.8 Å². The van der Waals surface area contributed by atoms with Crippen LogP contribution >= 0.6 is 11.3 Å². The van der Waals surface area contributed by atoms with Crippen LogP contribution in [-0.2, 0) is 4.74 Å². The van der Waals surface area contributed by atoms with E-state index in [-0.39, 0.29) is 5.76 Å². The van der Waals surface area contributed by atoms with Crippen LogP contribution in [0.25, 0.3) is 16.1 Å². The van der Waals surface area contributed by atoms with E-state index in [0.717, 1.165) is 21.8 Å². The Balaban J connectivity index is 0.000000276. The smallest absolute Gasteiger partial charge is 0.184 e. The van der Waals surface area contributed by atoms with Crippen molar-refractivity contribution in [3.63, 3.8) is 0 Å². The molecule has 26 heavy (non-hydrogen) atoms. The second kappa shape index (κ2) is 10.3. The average molecular weight is 372 g/mol. The first-order valence-corrected chi connectivity index (χ1v) is 8.75. The van der Waals surface area contributed by atoms with Crippen LogP contribution in [0, 0.1) is 6.92 Å². The summed E-state index contributed by atoms with van der Waals surface area (Å²) in [5.74, 6) is 0.551. The second-order valence-electron chi connectivity index (χ2n) is 5.57. The lowest BCUT2D eigenvalue weighted by Gasteiger charge is -1.97. The van der Waals surface area contributed by atoms with Gasteiger partial charge in [-0.1, -0.05) is 13.2 Å². The van der Waals surface area contributed by atoms with Crippen molar-refractivity contribution in [3.8, 4) is 10.6 Å². The number of ether oxygens (including phenoxy) is 1. The first kappa shape index (κ1) is 21.3. The molecule has 0 unspecified atom stereocenters. The molecule has 0 bridgehead atoms. The summed E-state index contributed by atoms with van der Waals surface area (Å²) in [6.07, 6.45) is 5.06. The molecule has 6 heteroatoms. The van der Waals surface area contributed by atoms with Crippen molar-refractivity contribution in [1.29, 1.82) is 0 Å². The zero-order valence-corrected chi connectivity index (χ0v) is 16.7. The van der Waals surface area contributed by atoms with Crippen molar-refractivity contribution in [2.24, 2.45) is 4.99 Å². The molecule has 0 fully saturated rings. The third-order valence-corrected chi connectivity index (χ3v) is 4.47. The minimum atomic E-state index is -0.00449. The molecule has 2 rings (SSSR count). The lowest BCUT2D eigenvalue weighted by Crippen LogP contribution is -1.93. The zero-order chi connectivity index (χ0) is 19.7. The van der Waals surface area contributed by atoms with Crippen LogP contribution in [0.3, 0.4) is 0 Å². The molecule has 2 heterocycles. The molecule has 138 valence electrons. The zero-order valence-electron chi connectivity index (χ0n) is 15.9. The van der Waals surface area contributed by atoms with Gasteiger partial charge >= 0.3 is 0 Å². The Kier molecular flexibility index (Phi) is 8.45. The molecule has 2 aromatic heterocycles. The summed E-state index contributed by atoms with van der Waals surface area (Å²) in [5.41, 5.74) is 3.85. The lowest BCUT2D eigenvalue weighted by atomic mass is 10.2. The molecule has 0 aliphatic heterocycles. The van der Waals surface area contributed by atoms with Crippen molar-refractivity contribution < 1.29 is 9.84 Å². The quantitative estimate of drug-likeness (QED) is 0.330. The number of aliphatic imine (C=N–C) groups is 1. The fraction of sp³-hybridized carbons (Fsp3) is 0.250. The molecule has 0 radical (unpaired) electrons. The van der Waals surface area contributed by atoms with E-state index >= 15 is 0 Å². The van der Waals surface area contributed by atoms with Gasteiger partial charge in [0, 0.05) is 36.7 Å². The first-order chi connectivity index (χ1) is 12.2. The monoisotopic (exact) mass is 371 g/mol. The van der Waals surface area contributed by atoms with E-state index in [9.17, 15) is 0 Å². The molecule has 2 aromatic rings. The number of pyridine rings is 1. The highest BCUT2D eigenvalue weighted by Gasteiger charge is 2.09. The number of aliphatic hydroxyl groups is 1. The molecule has 5 nitrogen and oxygen atoms in total. The van der Waals surface area contributed by atoms with Gasteiger partial charge in [-0.3, -0.25) is 4.98 Å². The number of aliphatic hydroxyl groups excluding tert-OH is 1. The highest BCUT2D eigenvalue weighted by Crippen LogP contribution is 2.30. The topological polar surface area (TPSA) is 67.6 Å². The van der Waals surface area contributed by atoms with E-state index in [1.54, 1.807) is 38.5 Å². The van der Waals surface area contributed by atoms with Gasteiger partial charge in [0.25, 0.3) is 0 Å². The van der Waals surface area contributed by atoms with Gasteiger partial charge in [-0.2, -0.15) is 0 Å². The Morgan fingerprint density at radius 2 is 2.00 bits per heavy atom. The minimum absolute atomic E-state index is 0.00449. The number of hydrogen-bond donors (Lipinski definition) is 1. The van der Waals surface area contributed by atoms with Gasteiger partial charge in [-0.05, 0) is 38.5 Å². The van der Waals surface area contributed by atoms with Crippen LogP contribution in [-0.4, -0.2) is 28.1 Å². The molecule has 0 saturated carbocycles. The largest absolute Gasteiger partial charge is 0.509 e. The SMILES string of the molecule is C=C(C)c1sc(-c2cccnc2)nc1C.C=C(O)/C=C(/C)N=C(C)OC. The number of rotatable bonds is 4. The maximum absolute atomic E-state index is 8.73. The van der Waals surface area contributed by atoms with Crippen LogP contribution in [0.5, 0.6) is 0 Å². The van der Waals surface area contributed by atoms with Crippen molar-refractivity contribution in [2.45, 2.75) is 27.7 Å². The normalized spacial score (nSPS) is 11.4. The molecule has 1 N–H and O–H groups in total. The fourth-order valence-electron chi connectivity index (χ4n) is 1.97. The summed E-state index contributed by atoms with van der Waals surface area (Å²) in [6, 6.07) is 3.94. The predicted molar refractivity (Wildman–Crippen MR) is 110 cm³/mol. The van der Waals surface area contributed by atoms with E-state index in [2.05, 4.69) is 28.1 Å². The van der Waals surface area contributed by atoms with Crippen LogP contribution < -0.4 is 0 Å². The van der Waals surface area contributed by atoms with Crippen molar-refractivity contribution in [1.82, 2.24) is 9.97 Å². The van der Waals surface area contributed by atoms with E-state index in [4.69, 9.17) is 9.84 Å². The van der Waals surface area contributed by atoms with Crippen molar-refractivity contribution in [2.75, 3.05) is 7.11 Å². The second-order valence-corrected chi connectivity index (χ2v) is 6.57. The Morgan fingerprint density at radius 1 is 1.31 bits per heavy atom. The van der Waals surface area contributed by atoms with Crippen molar-refractivity contribution >= 4 is 22.8 Å². The maximum atomic E-state index is 8.73. The number of hydrogen-bond acceptors (Lipinski definition) is 6. The molecule has 0 spiro atoms. The lowest BCUT2D eigenvalue weighted by molar-refractivity contribution is 0.399. The summed E-state index contributed by atoms with van der Waals surface area (Å²) in [6.45, 7) is 14.8. The Hall–Kier alpha value is -2.73. The van der Waals surface area contributed by atoms with E-state index in [1.807, 2.05) is 32.2 Å². The van der Waals surface area contributed by atoms with Crippen LogP contribution in [0.4, 0.5) is 0 Å². The van der Waals surface area contributed by atoms with Crippen LogP contribution in [0.1, 0.15) is 31.3 Å². The molecular formula is C20H25N3O2S. The molecule has 0 aliphatic rings. The number of thiazole rings is 1. The van der Waals surface area contributed by atoms with Gasteiger partial charge in [-0.25, -0.2) is 9.98 Å². The minimum Gasteiger partial charge on any atom is -0.509 e. The Bertz CT molecular complexity index is 821. The number of allylic oxidation sites excluding steroid dienone is 3. The van der Waals surface area contributed by atoms with Gasteiger partial charge in [0.1, 0.15) is 10.8 Å². The van der Waals surface area contributed by atoms with Gasteiger partial charge < -0.3 is 9.84 Å². The van der Waals surface area contributed by atoms with Crippen LogP contribution in [0.15, 0.2) is 60.2 Å². The highest BCUT2D eigenvalue weighted by atomic mass is 32.1. The van der Waals surface area contributed by atoms with Crippen LogP contribution in [0.2, 0.25) is 0 Å².